The molecule has 2 fully saturated rings. The van der Waals surface area contributed by atoms with E-state index in [0.717, 1.165) is 12.8 Å². The molecule has 1 amide bonds. The van der Waals surface area contributed by atoms with Gasteiger partial charge in [-0.2, -0.15) is 13.2 Å². The van der Waals surface area contributed by atoms with E-state index in [9.17, 15) is 18.0 Å². The molecule has 134 valence electrons. The molecule has 2 N–H and O–H groups in total. The summed E-state index contributed by atoms with van der Waals surface area (Å²) in [5, 5.41) is 0. The van der Waals surface area contributed by atoms with Gasteiger partial charge in [-0.05, 0) is 30.7 Å². The molecular weight excluding hydrogens is 347 g/mol. The summed E-state index contributed by atoms with van der Waals surface area (Å²) < 4.78 is 40.7. The monoisotopic (exact) mass is 365 g/mol. The van der Waals surface area contributed by atoms with Crippen molar-refractivity contribution in [2.75, 3.05) is 19.7 Å². The summed E-state index contributed by atoms with van der Waals surface area (Å²) >= 11 is 0. The molecule has 3 atom stereocenters. The first-order valence-electron chi connectivity index (χ1n) is 7.54. The van der Waals surface area contributed by atoms with Crippen molar-refractivity contribution < 1.29 is 22.7 Å². The van der Waals surface area contributed by atoms with E-state index in [1.54, 1.807) is 4.90 Å². The minimum Gasteiger partial charge on any atom is -0.468 e. The van der Waals surface area contributed by atoms with Gasteiger partial charge in [0.2, 0.25) is 5.88 Å². The van der Waals surface area contributed by atoms with Crippen molar-refractivity contribution in [2.24, 2.45) is 17.6 Å². The molecule has 1 aromatic heterocycles. The van der Waals surface area contributed by atoms with Crippen LogP contribution in [0.15, 0.2) is 18.3 Å². The first-order valence-corrected chi connectivity index (χ1v) is 7.54. The van der Waals surface area contributed by atoms with Gasteiger partial charge in [0.1, 0.15) is 0 Å². The van der Waals surface area contributed by atoms with E-state index in [-0.39, 0.29) is 30.2 Å². The number of ether oxygens (including phenoxy) is 1. The highest BCUT2D eigenvalue weighted by Crippen LogP contribution is 2.37. The van der Waals surface area contributed by atoms with Crippen molar-refractivity contribution in [3.8, 4) is 5.88 Å². The number of carbonyl (C=O) groups excluding carboxylic acids is 1. The summed E-state index contributed by atoms with van der Waals surface area (Å²) in [5.41, 5.74) is 6.40. The minimum atomic E-state index is -4.41. The highest BCUT2D eigenvalue weighted by atomic mass is 35.5. The fourth-order valence-corrected chi connectivity index (χ4v) is 3.40. The minimum absolute atomic E-state index is 0. The molecule has 1 aromatic rings. The molecule has 2 heterocycles. The summed E-state index contributed by atoms with van der Waals surface area (Å²) in [5.74, 6) is 0.485. The van der Waals surface area contributed by atoms with Crippen LogP contribution in [0.1, 0.15) is 23.2 Å². The summed E-state index contributed by atoms with van der Waals surface area (Å²) in [7, 11) is 0. The van der Waals surface area contributed by atoms with Gasteiger partial charge in [-0.25, -0.2) is 4.98 Å². The predicted octanol–water partition coefficient (Wildman–Crippen LogP) is 2.25. The summed E-state index contributed by atoms with van der Waals surface area (Å²) in [6.07, 6.45) is -1.12. The number of likely N-dealkylation sites (tertiary alicyclic amines) is 1. The average Bonchev–Trinajstić information content (AvgIpc) is 3.07. The van der Waals surface area contributed by atoms with Crippen LogP contribution in [0.5, 0.6) is 5.88 Å². The molecule has 0 spiro atoms. The van der Waals surface area contributed by atoms with E-state index in [2.05, 4.69) is 9.72 Å². The molecule has 1 saturated carbocycles. The summed E-state index contributed by atoms with van der Waals surface area (Å²) in [6, 6.07) is 2.87. The molecule has 0 radical (unpaired) electrons. The third kappa shape index (κ3) is 4.10. The topological polar surface area (TPSA) is 68.5 Å². The van der Waals surface area contributed by atoms with E-state index >= 15 is 0 Å². The molecule has 0 bridgehead atoms. The highest BCUT2D eigenvalue weighted by Gasteiger charge is 2.42. The zero-order chi connectivity index (χ0) is 16.6. The number of nitrogens with zero attached hydrogens (tertiary/aromatic N) is 2. The second kappa shape index (κ2) is 7.14. The Bertz CT molecular complexity index is 582. The second-order valence-electron chi connectivity index (χ2n) is 6.16. The number of nitrogens with two attached hydrogens (primary N) is 1. The van der Waals surface area contributed by atoms with Gasteiger partial charge < -0.3 is 15.4 Å². The van der Waals surface area contributed by atoms with Crippen molar-refractivity contribution in [1.29, 1.82) is 0 Å². The SMILES string of the molecule is Cl.NC1CCC2CN(C(=O)c3ccc(OCC(F)(F)F)nc3)CC12. The van der Waals surface area contributed by atoms with Crippen molar-refractivity contribution in [2.45, 2.75) is 25.1 Å². The van der Waals surface area contributed by atoms with Crippen molar-refractivity contribution in [1.82, 2.24) is 9.88 Å². The molecule has 2 aliphatic rings. The number of aromatic nitrogens is 1. The van der Waals surface area contributed by atoms with Crippen molar-refractivity contribution in [3.63, 3.8) is 0 Å². The molecule has 0 aromatic carbocycles. The van der Waals surface area contributed by atoms with Gasteiger partial charge in [-0.15, -0.1) is 12.4 Å². The summed E-state index contributed by atoms with van der Waals surface area (Å²) in [4.78, 5) is 18.0. The van der Waals surface area contributed by atoms with E-state index in [1.807, 2.05) is 0 Å². The molecule has 5 nitrogen and oxygen atoms in total. The van der Waals surface area contributed by atoms with Crippen LogP contribution in [0.25, 0.3) is 0 Å². The Morgan fingerprint density at radius 2 is 2.08 bits per heavy atom. The number of fused-ring (bicyclic) bond motifs is 1. The fraction of sp³-hybridized carbons (Fsp3) is 0.600. The number of amides is 1. The Kier molecular flexibility index (Phi) is 5.59. The van der Waals surface area contributed by atoms with Crippen LogP contribution in [0, 0.1) is 11.8 Å². The third-order valence-corrected chi connectivity index (χ3v) is 4.57. The Labute approximate surface area is 143 Å². The molecule has 9 heteroatoms. The maximum atomic E-state index is 12.4. The lowest BCUT2D eigenvalue weighted by molar-refractivity contribution is -0.154. The van der Waals surface area contributed by atoms with Gasteiger partial charge >= 0.3 is 6.18 Å². The molecule has 1 aliphatic heterocycles. The molecule has 3 unspecified atom stereocenters. The molecule has 3 rings (SSSR count). The van der Waals surface area contributed by atoms with Crippen LogP contribution in [0.4, 0.5) is 13.2 Å². The number of rotatable bonds is 3. The van der Waals surface area contributed by atoms with E-state index < -0.39 is 12.8 Å². The molecule has 1 aliphatic carbocycles. The maximum absolute atomic E-state index is 12.4. The van der Waals surface area contributed by atoms with Crippen molar-refractivity contribution in [3.05, 3.63) is 23.9 Å². The van der Waals surface area contributed by atoms with Crippen LogP contribution in [0.3, 0.4) is 0 Å². The Hall–Kier alpha value is -1.54. The third-order valence-electron chi connectivity index (χ3n) is 4.57. The normalized spacial score (nSPS) is 26.0. The van der Waals surface area contributed by atoms with Crippen LogP contribution in [0.2, 0.25) is 0 Å². The van der Waals surface area contributed by atoms with Crippen molar-refractivity contribution >= 4 is 18.3 Å². The lowest BCUT2D eigenvalue weighted by Crippen LogP contribution is -2.33. The van der Waals surface area contributed by atoms with Gasteiger partial charge in [-0.1, -0.05) is 0 Å². The zero-order valence-corrected chi connectivity index (χ0v) is 13.6. The average molecular weight is 366 g/mol. The smallest absolute Gasteiger partial charge is 0.422 e. The lowest BCUT2D eigenvalue weighted by atomic mass is 9.98. The highest BCUT2D eigenvalue weighted by molar-refractivity contribution is 5.94. The van der Waals surface area contributed by atoms with Gasteiger partial charge in [0.05, 0.1) is 5.56 Å². The number of carbonyl (C=O) groups is 1. The van der Waals surface area contributed by atoms with E-state index in [0.29, 0.717) is 30.5 Å². The number of hydrogen-bond acceptors (Lipinski definition) is 4. The number of pyridine rings is 1. The number of halogens is 4. The largest absolute Gasteiger partial charge is 0.468 e. The molecule has 24 heavy (non-hydrogen) atoms. The van der Waals surface area contributed by atoms with Crippen LogP contribution in [-0.2, 0) is 0 Å². The van der Waals surface area contributed by atoms with E-state index in [1.165, 1.54) is 18.3 Å². The Morgan fingerprint density at radius 1 is 1.33 bits per heavy atom. The maximum Gasteiger partial charge on any atom is 0.422 e. The first-order chi connectivity index (χ1) is 10.8. The Morgan fingerprint density at radius 3 is 2.67 bits per heavy atom. The van der Waals surface area contributed by atoms with E-state index in [4.69, 9.17) is 5.73 Å². The van der Waals surface area contributed by atoms with Gasteiger partial charge in [-0.3, -0.25) is 4.79 Å². The van der Waals surface area contributed by atoms with Gasteiger partial charge in [0.25, 0.3) is 5.91 Å². The van der Waals surface area contributed by atoms with Gasteiger partial charge in [0, 0.05) is 31.4 Å². The Balaban J connectivity index is 0.00000208. The van der Waals surface area contributed by atoms with Crippen LogP contribution < -0.4 is 10.5 Å². The molecule has 1 saturated heterocycles. The first kappa shape index (κ1) is 18.8. The summed E-state index contributed by atoms with van der Waals surface area (Å²) in [6.45, 7) is -0.0822. The van der Waals surface area contributed by atoms with Crippen LogP contribution in [-0.4, -0.2) is 47.7 Å². The van der Waals surface area contributed by atoms with Crippen LogP contribution >= 0.6 is 12.4 Å². The number of alkyl halides is 3. The zero-order valence-electron chi connectivity index (χ0n) is 12.8. The quantitative estimate of drug-likeness (QED) is 0.892. The molecular formula is C15H19ClF3N3O2. The van der Waals surface area contributed by atoms with Gasteiger partial charge in [0.15, 0.2) is 6.61 Å². The second-order valence-corrected chi connectivity index (χ2v) is 6.16. The number of hydrogen-bond donors (Lipinski definition) is 1. The fourth-order valence-electron chi connectivity index (χ4n) is 3.40. The standard InChI is InChI=1S/C15H18F3N3O2.ClH/c16-15(17,18)8-23-13-4-2-9(5-20-13)14(22)21-6-10-1-3-12(19)11(10)7-21;/h2,4-5,10-12H,1,3,6-8,19H2;1H. The lowest BCUT2D eigenvalue weighted by Gasteiger charge is -2.18. The predicted molar refractivity (Wildman–Crippen MR) is 83.1 cm³/mol.